The molecule has 0 saturated carbocycles. The van der Waals surface area contributed by atoms with Gasteiger partial charge in [-0.2, -0.15) is 0 Å². The van der Waals surface area contributed by atoms with E-state index in [4.69, 9.17) is 4.98 Å². The number of nitrogens with one attached hydrogen (secondary N) is 1. The maximum atomic E-state index is 4.82. The van der Waals surface area contributed by atoms with Crippen LogP contribution in [-0.2, 0) is 6.54 Å². The van der Waals surface area contributed by atoms with Crippen LogP contribution in [0.25, 0.3) is 11.3 Å². The van der Waals surface area contributed by atoms with Crippen molar-refractivity contribution in [1.29, 1.82) is 0 Å². The summed E-state index contributed by atoms with van der Waals surface area (Å²) in [6.07, 6.45) is 0. The summed E-state index contributed by atoms with van der Waals surface area (Å²) in [5.41, 5.74) is 5.00. The molecule has 1 aliphatic heterocycles. The number of thiazole rings is 1. The highest BCUT2D eigenvalue weighted by molar-refractivity contribution is 7.09. The van der Waals surface area contributed by atoms with Gasteiger partial charge in [0.25, 0.3) is 0 Å². The molecule has 22 heavy (non-hydrogen) atoms. The van der Waals surface area contributed by atoms with Crippen molar-refractivity contribution >= 4 is 36.2 Å². The molecule has 0 radical (unpaired) electrons. The number of halogens is 2. The number of rotatable bonds is 3. The van der Waals surface area contributed by atoms with Gasteiger partial charge in [-0.1, -0.05) is 23.8 Å². The van der Waals surface area contributed by atoms with Gasteiger partial charge in [-0.25, -0.2) is 4.98 Å². The Labute approximate surface area is 149 Å². The maximum absolute atomic E-state index is 4.82. The number of aromatic nitrogens is 1. The summed E-state index contributed by atoms with van der Waals surface area (Å²) < 4.78 is 0. The summed E-state index contributed by atoms with van der Waals surface area (Å²) >= 11 is 1.78. The zero-order chi connectivity index (χ0) is 13.9. The van der Waals surface area contributed by atoms with Crippen molar-refractivity contribution in [2.75, 3.05) is 26.2 Å². The van der Waals surface area contributed by atoms with Crippen molar-refractivity contribution in [2.24, 2.45) is 0 Å². The topological polar surface area (TPSA) is 28.2 Å². The Morgan fingerprint density at radius 2 is 1.91 bits per heavy atom. The van der Waals surface area contributed by atoms with Gasteiger partial charge in [-0.3, -0.25) is 4.90 Å². The minimum absolute atomic E-state index is 0. The number of piperazine rings is 1. The highest BCUT2D eigenvalue weighted by atomic mass is 35.5. The largest absolute Gasteiger partial charge is 0.314 e. The first-order chi connectivity index (χ1) is 9.72. The van der Waals surface area contributed by atoms with Gasteiger partial charge in [0, 0.05) is 37.1 Å². The minimum atomic E-state index is 0. The molecule has 0 atom stereocenters. The van der Waals surface area contributed by atoms with Gasteiger partial charge >= 0.3 is 0 Å². The lowest BCUT2D eigenvalue weighted by molar-refractivity contribution is 0.233. The molecule has 6 heteroatoms. The molecule has 3 nitrogen and oxygen atoms in total. The Hall–Kier alpha value is -0.650. The third-order valence-corrected chi connectivity index (χ3v) is 4.61. The lowest BCUT2D eigenvalue weighted by atomic mass is 10.0. The van der Waals surface area contributed by atoms with Gasteiger partial charge in [0.2, 0.25) is 0 Å². The molecule has 1 N–H and O–H groups in total. The van der Waals surface area contributed by atoms with Crippen LogP contribution < -0.4 is 5.32 Å². The second-order valence-electron chi connectivity index (χ2n) is 5.47. The second kappa shape index (κ2) is 8.85. The van der Waals surface area contributed by atoms with Crippen molar-refractivity contribution in [2.45, 2.75) is 20.4 Å². The molecule has 1 saturated heterocycles. The van der Waals surface area contributed by atoms with Crippen LogP contribution in [0.1, 0.15) is 16.1 Å². The average molecular weight is 360 g/mol. The molecule has 1 fully saturated rings. The summed E-state index contributed by atoms with van der Waals surface area (Å²) in [5.74, 6) is 0. The van der Waals surface area contributed by atoms with Crippen molar-refractivity contribution in [3.05, 3.63) is 39.7 Å². The van der Waals surface area contributed by atoms with Gasteiger partial charge in [-0.15, -0.1) is 36.2 Å². The minimum Gasteiger partial charge on any atom is -0.314 e. The monoisotopic (exact) mass is 359 g/mol. The predicted molar refractivity (Wildman–Crippen MR) is 99.7 cm³/mol. The summed E-state index contributed by atoms with van der Waals surface area (Å²) in [7, 11) is 0. The molecular formula is C16H23Cl2N3S. The number of aryl methyl sites for hydroxylation is 2. The number of hydrogen-bond acceptors (Lipinski definition) is 4. The molecule has 0 aliphatic carbocycles. The summed E-state index contributed by atoms with van der Waals surface area (Å²) in [4.78, 5) is 7.29. The molecule has 0 amide bonds. The van der Waals surface area contributed by atoms with E-state index in [2.05, 4.69) is 47.6 Å². The Bertz CT molecular complexity index is 595. The van der Waals surface area contributed by atoms with Crippen LogP contribution in [0.2, 0.25) is 0 Å². The van der Waals surface area contributed by atoms with Crippen molar-refractivity contribution in [3.8, 4) is 11.3 Å². The molecule has 1 aromatic heterocycles. The zero-order valence-electron chi connectivity index (χ0n) is 13.0. The highest BCUT2D eigenvalue weighted by Gasteiger charge is 2.13. The van der Waals surface area contributed by atoms with Gasteiger partial charge in [0.15, 0.2) is 0 Å². The van der Waals surface area contributed by atoms with E-state index in [1.54, 1.807) is 11.3 Å². The van der Waals surface area contributed by atoms with E-state index < -0.39 is 0 Å². The van der Waals surface area contributed by atoms with E-state index in [0.29, 0.717) is 0 Å². The summed E-state index contributed by atoms with van der Waals surface area (Å²) in [6.45, 7) is 9.71. The molecule has 1 aromatic carbocycles. The van der Waals surface area contributed by atoms with Gasteiger partial charge in [-0.05, 0) is 19.4 Å². The molecular weight excluding hydrogens is 337 g/mol. The van der Waals surface area contributed by atoms with E-state index in [0.717, 1.165) is 38.4 Å². The third-order valence-electron chi connectivity index (χ3n) is 3.78. The van der Waals surface area contributed by atoms with Crippen LogP contribution in [0.3, 0.4) is 0 Å². The van der Waals surface area contributed by atoms with Gasteiger partial charge in [0.1, 0.15) is 5.01 Å². The summed E-state index contributed by atoms with van der Waals surface area (Å²) in [5, 5.41) is 6.80. The van der Waals surface area contributed by atoms with Gasteiger partial charge < -0.3 is 5.32 Å². The number of nitrogens with zero attached hydrogens (tertiary/aromatic N) is 2. The number of hydrogen-bond donors (Lipinski definition) is 1. The fraction of sp³-hybridized carbons (Fsp3) is 0.438. The zero-order valence-corrected chi connectivity index (χ0v) is 15.4. The van der Waals surface area contributed by atoms with E-state index >= 15 is 0 Å². The SMILES string of the molecule is Cc1ccc(-c2csc(CN3CCNCC3)n2)c(C)c1.Cl.Cl. The molecule has 0 unspecified atom stereocenters. The first-order valence-corrected chi connectivity index (χ1v) is 8.05. The summed E-state index contributed by atoms with van der Waals surface area (Å²) in [6, 6.07) is 6.58. The fourth-order valence-electron chi connectivity index (χ4n) is 2.67. The molecule has 1 aliphatic rings. The molecule has 122 valence electrons. The first-order valence-electron chi connectivity index (χ1n) is 7.17. The Balaban J connectivity index is 0.00000121. The van der Waals surface area contributed by atoms with Crippen molar-refractivity contribution in [1.82, 2.24) is 15.2 Å². The highest BCUT2D eigenvalue weighted by Crippen LogP contribution is 2.26. The Morgan fingerprint density at radius 3 is 2.59 bits per heavy atom. The van der Waals surface area contributed by atoms with E-state index in [1.807, 2.05) is 0 Å². The second-order valence-corrected chi connectivity index (χ2v) is 6.41. The van der Waals surface area contributed by atoms with Crippen LogP contribution in [0.4, 0.5) is 0 Å². The lowest BCUT2D eigenvalue weighted by Gasteiger charge is -2.26. The molecule has 0 spiro atoms. The molecule has 2 aromatic rings. The normalized spacial score (nSPS) is 15.0. The molecule has 0 bridgehead atoms. The number of benzene rings is 1. The quantitative estimate of drug-likeness (QED) is 0.905. The van der Waals surface area contributed by atoms with E-state index in [9.17, 15) is 0 Å². The fourth-order valence-corrected chi connectivity index (χ4v) is 3.50. The third kappa shape index (κ3) is 4.67. The smallest absolute Gasteiger partial charge is 0.107 e. The average Bonchev–Trinajstić information content (AvgIpc) is 2.88. The Morgan fingerprint density at radius 1 is 1.18 bits per heavy atom. The standard InChI is InChI=1S/C16H21N3S.2ClH/c1-12-3-4-14(13(2)9-12)15-11-20-16(18-15)10-19-7-5-17-6-8-19;;/h3-4,9,11,17H,5-8,10H2,1-2H3;2*1H. The van der Waals surface area contributed by atoms with E-state index in [1.165, 1.54) is 21.7 Å². The van der Waals surface area contributed by atoms with Crippen LogP contribution in [0, 0.1) is 13.8 Å². The predicted octanol–water partition coefficient (Wildman–Crippen LogP) is 3.68. The first kappa shape index (κ1) is 19.4. The van der Waals surface area contributed by atoms with Crippen LogP contribution >= 0.6 is 36.2 Å². The van der Waals surface area contributed by atoms with Crippen molar-refractivity contribution < 1.29 is 0 Å². The lowest BCUT2D eigenvalue weighted by Crippen LogP contribution is -2.42. The molecule has 2 heterocycles. The van der Waals surface area contributed by atoms with Crippen LogP contribution in [-0.4, -0.2) is 36.1 Å². The van der Waals surface area contributed by atoms with Crippen molar-refractivity contribution in [3.63, 3.8) is 0 Å². The van der Waals surface area contributed by atoms with Crippen LogP contribution in [0.5, 0.6) is 0 Å². The van der Waals surface area contributed by atoms with Crippen LogP contribution in [0.15, 0.2) is 23.6 Å². The Kier molecular flexibility index (Phi) is 7.80. The molecule has 3 rings (SSSR count). The maximum Gasteiger partial charge on any atom is 0.107 e. The van der Waals surface area contributed by atoms with E-state index in [-0.39, 0.29) is 24.8 Å². The van der Waals surface area contributed by atoms with Gasteiger partial charge in [0.05, 0.1) is 12.2 Å².